The van der Waals surface area contributed by atoms with E-state index < -0.39 is 0 Å². The van der Waals surface area contributed by atoms with Crippen molar-refractivity contribution in [3.63, 3.8) is 0 Å². The van der Waals surface area contributed by atoms with Gasteiger partial charge in [0.1, 0.15) is 0 Å². The molecule has 4 heavy (non-hydrogen) atoms. The van der Waals surface area contributed by atoms with Gasteiger partial charge < -0.3 is 0 Å². The first-order chi connectivity index (χ1) is 0. The fourth-order valence-corrected chi connectivity index (χ4v) is 0. The Hall–Kier alpha value is 2.13. The van der Waals surface area contributed by atoms with Gasteiger partial charge in [-0.3, -0.25) is 0 Å². The second-order valence-electron chi connectivity index (χ2n) is 0. The molecule has 0 N–H and O–H groups in total. The molecule has 0 aliphatic carbocycles. The van der Waals surface area contributed by atoms with Crippen molar-refractivity contribution in [1.29, 1.82) is 0 Å². The molecule has 0 rings (SSSR count). The van der Waals surface area contributed by atoms with Crippen LogP contribution in [0.25, 0.3) is 0 Å². The van der Waals surface area contributed by atoms with Gasteiger partial charge in [0.25, 0.3) is 0 Å². The molecule has 0 amide bonds. The Kier molecular flexibility index (Phi) is 172. The van der Waals surface area contributed by atoms with E-state index in [-0.39, 0.29) is 71.6 Å². The molecule has 0 unspecified atom stereocenters. The fraction of sp³-hybridized carbons (Fsp3) is 0. The van der Waals surface area contributed by atoms with Crippen molar-refractivity contribution < 1.29 is 46.8 Å². The van der Waals surface area contributed by atoms with Gasteiger partial charge in [-0.15, -0.1) is 24.8 Å². The van der Waals surface area contributed by atoms with Gasteiger partial charge in [-0.1, -0.05) is 0 Å². The summed E-state index contributed by atoms with van der Waals surface area (Å²) in [6, 6.07) is 0. The third-order valence-corrected chi connectivity index (χ3v) is 0. The van der Waals surface area contributed by atoms with Gasteiger partial charge in [0.2, 0.25) is 0 Å². The Bertz CT molecular complexity index is 6.00. The van der Waals surface area contributed by atoms with Crippen LogP contribution in [0.15, 0.2) is 0 Å². The largest absolute Gasteiger partial charge is 0.147 e. The van der Waals surface area contributed by atoms with Crippen molar-refractivity contribution in [3.05, 3.63) is 0 Å². The SMILES string of the molecule is Cl.Cl.[Cd].[Zn]. The number of hydrogen-bond acceptors (Lipinski definition) is 0. The molecule has 0 saturated carbocycles. The van der Waals surface area contributed by atoms with Crippen LogP contribution < -0.4 is 0 Å². The summed E-state index contributed by atoms with van der Waals surface area (Å²) in [5, 5.41) is 0. The van der Waals surface area contributed by atoms with Gasteiger partial charge in [-0.2, -0.15) is 0 Å². The first-order valence-electron chi connectivity index (χ1n) is 0. The molecule has 20 valence electrons. The molecule has 4 heteroatoms. The molecule has 0 nitrogen and oxygen atoms in total. The molecular formula is H2CdCl2Zn. The standard InChI is InChI=1S/Cd.2ClH.Zn/h;2*1H;. The van der Waals surface area contributed by atoms with E-state index in [9.17, 15) is 0 Å². The maximum Gasteiger partial charge on any atom is 0 e. The molecule has 0 spiro atoms. The summed E-state index contributed by atoms with van der Waals surface area (Å²) in [6.45, 7) is 0. The summed E-state index contributed by atoms with van der Waals surface area (Å²) < 4.78 is 0. The Labute approximate surface area is 70.8 Å². The second-order valence-corrected chi connectivity index (χ2v) is 0. The molecule has 0 saturated heterocycles. The Morgan fingerprint density at radius 1 is 0.750 bits per heavy atom. The average molecular weight is 251 g/mol. The van der Waals surface area contributed by atoms with Gasteiger partial charge in [-0.25, -0.2) is 0 Å². The van der Waals surface area contributed by atoms with Crippen molar-refractivity contribution in [3.8, 4) is 0 Å². The van der Waals surface area contributed by atoms with Crippen molar-refractivity contribution in [2.75, 3.05) is 0 Å². The van der Waals surface area contributed by atoms with E-state index in [1.165, 1.54) is 0 Å². The van der Waals surface area contributed by atoms with E-state index in [2.05, 4.69) is 0 Å². The van der Waals surface area contributed by atoms with Crippen LogP contribution in [-0.4, -0.2) is 0 Å². The molecule has 0 heterocycles. The number of halogens is 2. The van der Waals surface area contributed by atoms with Gasteiger partial charge in [0.05, 0.1) is 0 Å². The first kappa shape index (κ1) is 35.6. The van der Waals surface area contributed by atoms with Crippen LogP contribution in [0.1, 0.15) is 0 Å². The molecule has 0 aliphatic rings. The van der Waals surface area contributed by atoms with Gasteiger partial charge >= 0.3 is 0 Å². The molecule has 0 aliphatic heterocycles. The van der Waals surface area contributed by atoms with Gasteiger partial charge in [0, 0.05) is 46.8 Å². The Morgan fingerprint density at radius 2 is 0.750 bits per heavy atom. The first-order valence-corrected chi connectivity index (χ1v) is 0. The third-order valence-electron chi connectivity index (χ3n) is 0. The maximum atomic E-state index is 0. The van der Waals surface area contributed by atoms with Crippen LogP contribution in [-0.2, 0) is 46.8 Å². The van der Waals surface area contributed by atoms with E-state index >= 15 is 0 Å². The molecule has 0 bridgehead atoms. The summed E-state index contributed by atoms with van der Waals surface area (Å²) in [5.74, 6) is 0. The minimum absolute atomic E-state index is 0. The maximum absolute atomic E-state index is 0. The van der Waals surface area contributed by atoms with E-state index in [0.717, 1.165) is 0 Å². The molecule has 0 aromatic rings. The fourth-order valence-electron chi connectivity index (χ4n) is 0. The van der Waals surface area contributed by atoms with Crippen LogP contribution in [0.4, 0.5) is 0 Å². The molecular weight excluding hydrogens is 249 g/mol. The van der Waals surface area contributed by atoms with Gasteiger partial charge in [0.15, 0.2) is 0 Å². The minimum atomic E-state index is 0. The average Bonchev–Trinajstić information content (AvgIpc) is 0. The summed E-state index contributed by atoms with van der Waals surface area (Å²) in [4.78, 5) is 0. The zero-order valence-corrected chi connectivity index (χ0v) is 10.9. The van der Waals surface area contributed by atoms with Crippen LogP contribution in [0.5, 0.6) is 0 Å². The number of hydrogen-bond donors (Lipinski definition) is 0. The predicted molar refractivity (Wildman–Crippen MR) is 14.5 cm³/mol. The monoisotopic (exact) mass is 250 g/mol. The van der Waals surface area contributed by atoms with Crippen molar-refractivity contribution in [1.82, 2.24) is 0 Å². The van der Waals surface area contributed by atoms with Crippen LogP contribution in [0, 0.1) is 0 Å². The molecule has 0 aromatic carbocycles. The smallest absolute Gasteiger partial charge is 0 e. The molecule has 0 fully saturated rings. The second kappa shape index (κ2) is 19.3. The van der Waals surface area contributed by atoms with Crippen LogP contribution in [0.2, 0.25) is 0 Å². The molecule has 0 aromatic heterocycles. The zero-order chi connectivity index (χ0) is 0. The summed E-state index contributed by atoms with van der Waals surface area (Å²) in [6.07, 6.45) is 0. The minimum Gasteiger partial charge on any atom is -0.147 e. The molecule has 0 radical (unpaired) electrons. The van der Waals surface area contributed by atoms with E-state index in [0.29, 0.717) is 0 Å². The Morgan fingerprint density at radius 3 is 0.750 bits per heavy atom. The van der Waals surface area contributed by atoms with E-state index in [1.807, 2.05) is 0 Å². The summed E-state index contributed by atoms with van der Waals surface area (Å²) >= 11 is 0. The van der Waals surface area contributed by atoms with E-state index in [4.69, 9.17) is 0 Å². The van der Waals surface area contributed by atoms with Crippen molar-refractivity contribution >= 4 is 24.8 Å². The normalized spacial score (nSPS) is 0. The van der Waals surface area contributed by atoms with E-state index in [1.54, 1.807) is 0 Å². The van der Waals surface area contributed by atoms with Crippen LogP contribution >= 0.6 is 24.8 Å². The number of rotatable bonds is 0. The van der Waals surface area contributed by atoms with Crippen molar-refractivity contribution in [2.24, 2.45) is 0 Å². The quantitative estimate of drug-likeness (QED) is 0.559. The predicted octanol–water partition coefficient (Wildman–Crippen LogP) is 0.839. The summed E-state index contributed by atoms with van der Waals surface area (Å²) in [7, 11) is 0. The van der Waals surface area contributed by atoms with Gasteiger partial charge in [-0.05, 0) is 0 Å². The van der Waals surface area contributed by atoms with Crippen LogP contribution in [0.3, 0.4) is 0 Å². The van der Waals surface area contributed by atoms with Crippen molar-refractivity contribution in [2.45, 2.75) is 0 Å². The molecule has 0 atom stereocenters. The zero-order valence-electron chi connectivity index (χ0n) is 2.23. The third kappa shape index (κ3) is 8.92. The Balaban J connectivity index is 0. The topological polar surface area (TPSA) is 0 Å². The summed E-state index contributed by atoms with van der Waals surface area (Å²) in [5.41, 5.74) is 0.